The minimum absolute atomic E-state index is 0.493. The van der Waals surface area contributed by atoms with Crippen molar-refractivity contribution in [3.05, 3.63) is 24.2 Å². The predicted molar refractivity (Wildman–Crippen MR) is 30.6 cm³/mol. The molecule has 0 atom stereocenters. The highest BCUT2D eigenvalue weighted by Crippen LogP contribution is 1.97. The Labute approximate surface area is 47.6 Å². The van der Waals surface area contributed by atoms with Crippen molar-refractivity contribution in [1.82, 2.24) is 5.41 Å². The van der Waals surface area contributed by atoms with Crippen molar-refractivity contribution in [3.63, 3.8) is 0 Å². The summed E-state index contributed by atoms with van der Waals surface area (Å²) in [6, 6.07) is 3.60. The fourth-order valence-electron chi connectivity index (χ4n) is 0.519. The Kier molecular flexibility index (Phi) is 1.47. The lowest BCUT2D eigenvalue weighted by atomic mass is 10.4. The molecule has 0 aliphatic carbocycles. The van der Waals surface area contributed by atoms with E-state index in [4.69, 9.17) is 9.83 Å². The SMILES string of the molecule is [N]=CCc1ccco1. The van der Waals surface area contributed by atoms with Gasteiger partial charge in [-0.3, -0.25) is 0 Å². The summed E-state index contributed by atoms with van der Waals surface area (Å²) >= 11 is 0. The monoisotopic (exact) mass is 108 g/mol. The van der Waals surface area contributed by atoms with Gasteiger partial charge in [-0.05, 0) is 12.1 Å². The highest BCUT2D eigenvalue weighted by molar-refractivity contribution is 5.57. The highest BCUT2D eigenvalue weighted by atomic mass is 16.3. The van der Waals surface area contributed by atoms with Crippen LogP contribution >= 0.6 is 0 Å². The van der Waals surface area contributed by atoms with Crippen LogP contribution in [0.25, 0.3) is 0 Å². The van der Waals surface area contributed by atoms with E-state index in [2.05, 4.69) is 0 Å². The summed E-state index contributed by atoms with van der Waals surface area (Å²) in [4.78, 5) is 0. The van der Waals surface area contributed by atoms with Crippen molar-refractivity contribution in [3.8, 4) is 0 Å². The standard InChI is InChI=1S/C6H6NO/c7-4-3-6-2-1-5-8-6/h1-2,4-5H,3H2. The lowest BCUT2D eigenvalue weighted by molar-refractivity contribution is 0.527. The molecule has 0 saturated carbocycles. The third kappa shape index (κ3) is 0.964. The normalized spacial score (nSPS) is 9.00. The highest BCUT2D eigenvalue weighted by Gasteiger charge is 1.87. The zero-order valence-electron chi connectivity index (χ0n) is 4.37. The van der Waals surface area contributed by atoms with E-state index >= 15 is 0 Å². The van der Waals surface area contributed by atoms with Crippen molar-refractivity contribution in [1.29, 1.82) is 0 Å². The number of rotatable bonds is 2. The molecule has 1 aromatic heterocycles. The number of furan rings is 1. The van der Waals surface area contributed by atoms with Crippen LogP contribution in [0.3, 0.4) is 0 Å². The van der Waals surface area contributed by atoms with Gasteiger partial charge >= 0.3 is 0 Å². The van der Waals surface area contributed by atoms with Crippen LogP contribution in [-0.4, -0.2) is 6.21 Å². The van der Waals surface area contributed by atoms with E-state index in [0.717, 1.165) is 12.0 Å². The van der Waals surface area contributed by atoms with Crippen molar-refractivity contribution in [2.45, 2.75) is 6.42 Å². The Morgan fingerprint density at radius 2 is 2.62 bits per heavy atom. The molecule has 8 heavy (non-hydrogen) atoms. The first-order chi connectivity index (χ1) is 3.93. The van der Waals surface area contributed by atoms with Crippen LogP contribution < -0.4 is 5.41 Å². The first-order valence-electron chi connectivity index (χ1n) is 2.42. The summed E-state index contributed by atoms with van der Waals surface area (Å²) < 4.78 is 4.88. The second kappa shape index (κ2) is 2.31. The second-order valence-electron chi connectivity index (χ2n) is 1.47. The van der Waals surface area contributed by atoms with Crippen LogP contribution in [-0.2, 0) is 6.42 Å². The molecule has 1 rings (SSSR count). The van der Waals surface area contributed by atoms with Gasteiger partial charge in [-0.2, -0.15) is 5.41 Å². The van der Waals surface area contributed by atoms with Crippen molar-refractivity contribution >= 4 is 6.21 Å². The third-order valence-corrected chi connectivity index (χ3v) is 0.873. The molecule has 0 saturated heterocycles. The fourth-order valence-corrected chi connectivity index (χ4v) is 0.519. The predicted octanol–water partition coefficient (Wildman–Crippen LogP) is 0.693. The van der Waals surface area contributed by atoms with E-state index in [1.165, 1.54) is 0 Å². The van der Waals surface area contributed by atoms with Crippen molar-refractivity contribution in [2.75, 3.05) is 0 Å². The van der Waals surface area contributed by atoms with E-state index in [1.807, 2.05) is 6.07 Å². The minimum atomic E-state index is 0.493. The van der Waals surface area contributed by atoms with Gasteiger partial charge in [0.1, 0.15) is 5.76 Å². The molecule has 0 amide bonds. The molecule has 0 aliphatic rings. The lowest BCUT2D eigenvalue weighted by Crippen LogP contribution is -1.80. The van der Waals surface area contributed by atoms with E-state index in [-0.39, 0.29) is 0 Å². The van der Waals surface area contributed by atoms with Gasteiger partial charge in [0, 0.05) is 12.6 Å². The quantitative estimate of drug-likeness (QED) is 0.513. The van der Waals surface area contributed by atoms with Gasteiger partial charge in [0.25, 0.3) is 0 Å². The smallest absolute Gasteiger partial charge is 0.109 e. The van der Waals surface area contributed by atoms with Gasteiger partial charge in [0.05, 0.1) is 6.26 Å². The van der Waals surface area contributed by atoms with Crippen LogP contribution in [0.4, 0.5) is 0 Å². The summed E-state index contributed by atoms with van der Waals surface area (Å²) in [6.07, 6.45) is 3.14. The molecule has 1 radical (unpaired) electrons. The molecule has 0 N–H and O–H groups in total. The number of hydrogen-bond donors (Lipinski definition) is 0. The topological polar surface area (TPSA) is 35.4 Å². The lowest BCUT2D eigenvalue weighted by Gasteiger charge is -1.80. The van der Waals surface area contributed by atoms with Crippen LogP contribution in [0.1, 0.15) is 5.76 Å². The zero-order valence-corrected chi connectivity index (χ0v) is 4.37. The van der Waals surface area contributed by atoms with Crippen LogP contribution in [0.5, 0.6) is 0 Å². The average Bonchev–Trinajstić information content (AvgIpc) is 2.19. The number of nitrogens with zero attached hydrogens (tertiary/aromatic N) is 1. The van der Waals surface area contributed by atoms with E-state index in [0.29, 0.717) is 6.42 Å². The van der Waals surface area contributed by atoms with Crippen LogP contribution in [0.15, 0.2) is 22.8 Å². The van der Waals surface area contributed by atoms with Gasteiger partial charge in [-0.15, -0.1) is 0 Å². The van der Waals surface area contributed by atoms with E-state index in [1.54, 1.807) is 12.3 Å². The van der Waals surface area contributed by atoms with Gasteiger partial charge < -0.3 is 4.42 Å². The summed E-state index contributed by atoms with van der Waals surface area (Å²) in [6.45, 7) is 0. The Morgan fingerprint density at radius 1 is 1.75 bits per heavy atom. The molecule has 0 aliphatic heterocycles. The number of hydrogen-bond acceptors (Lipinski definition) is 1. The van der Waals surface area contributed by atoms with Gasteiger partial charge in [0.2, 0.25) is 0 Å². The third-order valence-electron chi connectivity index (χ3n) is 0.873. The molecule has 0 unspecified atom stereocenters. The van der Waals surface area contributed by atoms with E-state index < -0.39 is 0 Å². The van der Waals surface area contributed by atoms with Crippen molar-refractivity contribution in [2.24, 2.45) is 0 Å². The Hall–Kier alpha value is -1.05. The average molecular weight is 108 g/mol. The van der Waals surface area contributed by atoms with E-state index in [9.17, 15) is 0 Å². The van der Waals surface area contributed by atoms with Gasteiger partial charge in [0.15, 0.2) is 0 Å². The van der Waals surface area contributed by atoms with Gasteiger partial charge in [-0.1, -0.05) is 0 Å². The molecule has 1 aromatic rings. The molecule has 2 heteroatoms. The molecule has 0 spiro atoms. The molecule has 0 fully saturated rings. The molecule has 0 bridgehead atoms. The molecule has 41 valence electrons. The minimum Gasteiger partial charge on any atom is -0.469 e. The molecular weight excluding hydrogens is 102 g/mol. The Balaban J connectivity index is 2.62. The first kappa shape index (κ1) is 5.09. The molecule has 0 aromatic carbocycles. The summed E-state index contributed by atoms with van der Waals surface area (Å²) in [5, 5.41) is 8.25. The van der Waals surface area contributed by atoms with Crippen molar-refractivity contribution < 1.29 is 4.42 Å². The molecular formula is C6H6NO. The maximum atomic E-state index is 8.25. The Bertz CT molecular complexity index is 155. The molecule has 2 nitrogen and oxygen atoms in total. The second-order valence-corrected chi connectivity index (χ2v) is 1.47. The van der Waals surface area contributed by atoms with Crippen LogP contribution in [0.2, 0.25) is 0 Å². The Morgan fingerprint density at radius 3 is 3.12 bits per heavy atom. The summed E-state index contributed by atoms with van der Waals surface area (Å²) in [5.41, 5.74) is 0. The summed E-state index contributed by atoms with van der Waals surface area (Å²) in [5.74, 6) is 0.785. The van der Waals surface area contributed by atoms with Crippen LogP contribution in [0, 0.1) is 0 Å². The summed E-state index contributed by atoms with van der Waals surface area (Å²) in [7, 11) is 0. The zero-order chi connectivity index (χ0) is 5.82. The fraction of sp³-hybridized carbons (Fsp3) is 0.167. The maximum absolute atomic E-state index is 8.25. The van der Waals surface area contributed by atoms with Gasteiger partial charge in [-0.25, -0.2) is 0 Å². The maximum Gasteiger partial charge on any atom is 0.109 e. The largest absolute Gasteiger partial charge is 0.469 e. The first-order valence-corrected chi connectivity index (χ1v) is 2.42. The molecule has 1 heterocycles.